The first-order chi connectivity index (χ1) is 16.0. The van der Waals surface area contributed by atoms with Gasteiger partial charge in [-0.05, 0) is 41.5 Å². The number of carboxylic acid groups (broad SMARTS) is 1. The molecule has 3 rings (SSSR count). The predicted molar refractivity (Wildman–Crippen MR) is 126 cm³/mol. The summed E-state index contributed by atoms with van der Waals surface area (Å²) >= 11 is 0. The van der Waals surface area contributed by atoms with E-state index in [2.05, 4.69) is 34.9 Å². The molecule has 0 aliphatic heterocycles. The lowest BCUT2D eigenvalue weighted by molar-refractivity contribution is -0.141. The fraction of sp³-hybridized carbons (Fsp3) is 0.423. The molecule has 0 saturated carbocycles. The van der Waals surface area contributed by atoms with Gasteiger partial charge < -0.3 is 20.5 Å². The van der Waals surface area contributed by atoms with Gasteiger partial charge >= 0.3 is 12.1 Å². The van der Waals surface area contributed by atoms with Crippen molar-refractivity contribution in [2.45, 2.75) is 44.9 Å². The van der Waals surface area contributed by atoms with Gasteiger partial charge in [0.2, 0.25) is 5.91 Å². The van der Waals surface area contributed by atoms with Crippen molar-refractivity contribution in [1.82, 2.24) is 10.6 Å². The monoisotopic (exact) mass is 452 g/mol. The van der Waals surface area contributed by atoms with Crippen LogP contribution in [0.5, 0.6) is 0 Å². The van der Waals surface area contributed by atoms with E-state index in [4.69, 9.17) is 9.84 Å². The summed E-state index contributed by atoms with van der Waals surface area (Å²) in [6.45, 7) is 2.72. The van der Waals surface area contributed by atoms with E-state index < -0.39 is 18.0 Å². The molecule has 2 aromatic carbocycles. The van der Waals surface area contributed by atoms with E-state index in [1.165, 1.54) is 22.3 Å². The molecule has 0 fully saturated rings. The Hall–Kier alpha value is -3.35. The van der Waals surface area contributed by atoms with Gasteiger partial charge in [0.1, 0.15) is 6.61 Å². The Labute approximate surface area is 194 Å². The molecule has 3 N–H and O–H groups in total. The van der Waals surface area contributed by atoms with Crippen LogP contribution in [0.3, 0.4) is 0 Å². The molecule has 1 aliphatic rings. The average Bonchev–Trinajstić information content (AvgIpc) is 3.14. The van der Waals surface area contributed by atoms with Crippen molar-refractivity contribution < 1.29 is 24.2 Å². The maximum atomic E-state index is 12.2. The van der Waals surface area contributed by atoms with E-state index in [0.717, 1.165) is 12.8 Å². The fourth-order valence-corrected chi connectivity index (χ4v) is 4.16. The number of aliphatic carboxylic acids is 1. The molecule has 7 nitrogen and oxygen atoms in total. The van der Waals surface area contributed by atoms with Crippen LogP contribution < -0.4 is 10.6 Å². The van der Waals surface area contributed by atoms with Crippen LogP contribution in [-0.2, 0) is 14.3 Å². The molecule has 1 atom stereocenters. The van der Waals surface area contributed by atoms with Gasteiger partial charge in [-0.3, -0.25) is 9.59 Å². The normalized spacial score (nSPS) is 13.0. The summed E-state index contributed by atoms with van der Waals surface area (Å²) in [5.41, 5.74) is 4.75. The number of ether oxygens (including phenoxy) is 1. The number of carboxylic acids is 1. The zero-order chi connectivity index (χ0) is 23.6. The van der Waals surface area contributed by atoms with Gasteiger partial charge in [0.05, 0.1) is 5.92 Å². The highest BCUT2D eigenvalue weighted by Gasteiger charge is 2.28. The zero-order valence-corrected chi connectivity index (χ0v) is 19.0. The number of hydrogen-bond donors (Lipinski definition) is 3. The molecule has 0 spiro atoms. The Bertz CT molecular complexity index is 929. The van der Waals surface area contributed by atoms with Crippen molar-refractivity contribution in [2.24, 2.45) is 5.92 Å². The third-order valence-corrected chi connectivity index (χ3v) is 6.08. The molecule has 1 unspecified atom stereocenters. The first kappa shape index (κ1) is 24.3. The molecule has 0 aromatic heterocycles. The summed E-state index contributed by atoms with van der Waals surface area (Å²) in [5.74, 6) is -1.54. The molecule has 7 heteroatoms. The van der Waals surface area contributed by atoms with E-state index >= 15 is 0 Å². The zero-order valence-electron chi connectivity index (χ0n) is 19.0. The molecule has 2 amide bonds. The van der Waals surface area contributed by atoms with Crippen LogP contribution in [0.2, 0.25) is 0 Å². The van der Waals surface area contributed by atoms with Crippen LogP contribution in [0, 0.1) is 5.92 Å². The predicted octanol–water partition coefficient (Wildman–Crippen LogP) is 4.31. The summed E-state index contributed by atoms with van der Waals surface area (Å²) in [5, 5.41) is 14.4. The lowest BCUT2D eigenvalue weighted by Crippen LogP contribution is -2.32. The van der Waals surface area contributed by atoms with Gasteiger partial charge in [0, 0.05) is 25.4 Å². The van der Waals surface area contributed by atoms with Gasteiger partial charge in [-0.15, -0.1) is 0 Å². The Morgan fingerprint density at radius 2 is 1.58 bits per heavy atom. The fourth-order valence-electron chi connectivity index (χ4n) is 4.16. The highest BCUT2D eigenvalue weighted by atomic mass is 16.5. The first-order valence-electron chi connectivity index (χ1n) is 11.6. The van der Waals surface area contributed by atoms with E-state index in [1.807, 2.05) is 24.3 Å². The maximum Gasteiger partial charge on any atom is 0.407 e. The van der Waals surface area contributed by atoms with Crippen LogP contribution >= 0.6 is 0 Å². The van der Waals surface area contributed by atoms with Crippen molar-refractivity contribution >= 4 is 18.0 Å². The lowest BCUT2D eigenvalue weighted by Gasteiger charge is -2.14. The second-order valence-corrected chi connectivity index (χ2v) is 8.31. The van der Waals surface area contributed by atoms with Crippen molar-refractivity contribution in [3.05, 3.63) is 59.7 Å². The first-order valence-corrected chi connectivity index (χ1v) is 11.6. The molecule has 0 radical (unpaired) electrons. The number of carbonyl (C=O) groups is 3. The lowest BCUT2D eigenvalue weighted by atomic mass is 9.98. The minimum absolute atomic E-state index is 0.0371. The van der Waals surface area contributed by atoms with Crippen LogP contribution in [0.1, 0.15) is 56.1 Å². The van der Waals surface area contributed by atoms with E-state index in [-0.39, 0.29) is 25.0 Å². The van der Waals surface area contributed by atoms with Crippen molar-refractivity contribution in [2.75, 3.05) is 19.7 Å². The summed E-state index contributed by atoms with van der Waals surface area (Å²) in [7, 11) is 0. The number of nitrogens with one attached hydrogen (secondary N) is 2. The average molecular weight is 453 g/mol. The number of unbranched alkanes of at least 4 members (excludes halogenated alkanes) is 2. The summed E-state index contributed by atoms with van der Waals surface area (Å²) < 4.78 is 5.51. The van der Waals surface area contributed by atoms with Gasteiger partial charge in [-0.25, -0.2) is 4.79 Å². The number of hydrogen-bond acceptors (Lipinski definition) is 4. The van der Waals surface area contributed by atoms with Crippen molar-refractivity contribution in [3.8, 4) is 11.1 Å². The molecule has 0 bridgehead atoms. The van der Waals surface area contributed by atoms with Crippen molar-refractivity contribution in [1.29, 1.82) is 0 Å². The summed E-state index contributed by atoms with van der Waals surface area (Å²) in [4.78, 5) is 34.9. The van der Waals surface area contributed by atoms with Gasteiger partial charge in [-0.2, -0.15) is 0 Å². The molecule has 2 aromatic rings. The molecule has 1 aliphatic carbocycles. The summed E-state index contributed by atoms with van der Waals surface area (Å²) in [6, 6.07) is 16.4. The number of alkyl carbamates (subject to hydrolysis) is 1. The Morgan fingerprint density at radius 1 is 0.939 bits per heavy atom. The van der Waals surface area contributed by atoms with E-state index in [9.17, 15) is 14.4 Å². The number of carbonyl (C=O) groups excluding carboxylic acids is 2. The minimum atomic E-state index is -0.892. The van der Waals surface area contributed by atoms with E-state index in [0.29, 0.717) is 25.8 Å². The summed E-state index contributed by atoms with van der Waals surface area (Å²) in [6.07, 6.45) is 2.60. The Morgan fingerprint density at radius 3 is 2.18 bits per heavy atom. The third-order valence-electron chi connectivity index (χ3n) is 6.08. The molecule has 0 heterocycles. The molecule has 176 valence electrons. The quantitative estimate of drug-likeness (QED) is 0.416. The Kier molecular flexibility index (Phi) is 8.87. The van der Waals surface area contributed by atoms with Crippen LogP contribution in [0.4, 0.5) is 4.79 Å². The van der Waals surface area contributed by atoms with Gasteiger partial charge in [0.25, 0.3) is 0 Å². The second-order valence-electron chi connectivity index (χ2n) is 8.31. The standard InChI is InChI=1S/C26H32N2O5/c1-2-18(25(30)31)16-28-24(29)14-4-3-9-15-27-26(32)33-17-23-21-12-7-5-10-19(21)20-11-6-8-13-22(20)23/h5-8,10-13,18,23H,2-4,9,14-17H2,1H3,(H,27,32)(H,28,29)(H,30,31). The molecular weight excluding hydrogens is 420 g/mol. The van der Waals surface area contributed by atoms with Gasteiger partial charge in [-0.1, -0.05) is 61.9 Å². The van der Waals surface area contributed by atoms with Crippen molar-refractivity contribution in [3.63, 3.8) is 0 Å². The third kappa shape index (κ3) is 6.57. The van der Waals surface area contributed by atoms with E-state index in [1.54, 1.807) is 6.92 Å². The molecule has 33 heavy (non-hydrogen) atoms. The Balaban J connectivity index is 1.31. The van der Waals surface area contributed by atoms with Crippen LogP contribution in [0.15, 0.2) is 48.5 Å². The topological polar surface area (TPSA) is 105 Å². The molecular formula is C26H32N2O5. The van der Waals surface area contributed by atoms with Gasteiger partial charge in [0.15, 0.2) is 0 Å². The number of amides is 2. The number of benzene rings is 2. The number of fused-ring (bicyclic) bond motifs is 3. The largest absolute Gasteiger partial charge is 0.481 e. The smallest absolute Gasteiger partial charge is 0.407 e. The minimum Gasteiger partial charge on any atom is -0.481 e. The second kappa shape index (κ2) is 12.0. The number of rotatable bonds is 12. The van der Waals surface area contributed by atoms with Crippen LogP contribution in [-0.4, -0.2) is 42.8 Å². The van der Waals surface area contributed by atoms with Crippen LogP contribution in [0.25, 0.3) is 11.1 Å². The highest BCUT2D eigenvalue weighted by Crippen LogP contribution is 2.44. The highest BCUT2D eigenvalue weighted by molar-refractivity contribution is 5.79. The maximum absolute atomic E-state index is 12.2. The molecule has 0 saturated heterocycles. The SMILES string of the molecule is CCC(CNC(=O)CCCCCNC(=O)OCC1c2ccccc2-c2ccccc21)C(=O)O.